The molecule has 116 valence electrons. The number of aromatic nitrogens is 3. The average molecular weight is 300 g/mol. The molecule has 0 aliphatic heterocycles. The lowest BCUT2D eigenvalue weighted by Crippen LogP contribution is -2.42. The van der Waals surface area contributed by atoms with E-state index >= 15 is 0 Å². The molecule has 0 radical (unpaired) electrons. The highest BCUT2D eigenvalue weighted by molar-refractivity contribution is 5.78. The molecule has 22 heavy (non-hydrogen) atoms. The summed E-state index contributed by atoms with van der Waals surface area (Å²) < 4.78 is 1.98. The monoisotopic (exact) mass is 300 g/mol. The first kappa shape index (κ1) is 14.7. The number of nitrogens with one attached hydrogen (secondary N) is 1. The van der Waals surface area contributed by atoms with Crippen LogP contribution >= 0.6 is 0 Å². The molecule has 0 saturated heterocycles. The molecule has 1 saturated carbocycles. The van der Waals surface area contributed by atoms with E-state index in [4.69, 9.17) is 0 Å². The van der Waals surface area contributed by atoms with E-state index in [1.165, 1.54) is 0 Å². The lowest BCUT2D eigenvalue weighted by molar-refractivity contribution is -0.121. The van der Waals surface area contributed by atoms with E-state index in [9.17, 15) is 9.90 Å². The van der Waals surface area contributed by atoms with E-state index in [1.807, 2.05) is 29.8 Å². The fourth-order valence-electron chi connectivity index (χ4n) is 3.11. The molecule has 6 heteroatoms. The molecule has 3 rings (SSSR count). The van der Waals surface area contributed by atoms with Gasteiger partial charge in [0.25, 0.3) is 0 Å². The maximum atomic E-state index is 12.1. The van der Waals surface area contributed by atoms with Gasteiger partial charge < -0.3 is 15.0 Å². The number of imidazole rings is 1. The van der Waals surface area contributed by atoms with Crippen molar-refractivity contribution in [2.45, 2.75) is 44.4 Å². The molecule has 1 fully saturated rings. The van der Waals surface area contributed by atoms with Crippen molar-refractivity contribution in [3.8, 4) is 0 Å². The molecule has 1 aliphatic rings. The van der Waals surface area contributed by atoms with E-state index in [0.29, 0.717) is 0 Å². The Bertz CT molecular complexity index is 641. The van der Waals surface area contributed by atoms with Crippen molar-refractivity contribution in [2.75, 3.05) is 0 Å². The van der Waals surface area contributed by atoms with Gasteiger partial charge in [-0.3, -0.25) is 9.78 Å². The first-order valence-corrected chi connectivity index (χ1v) is 7.51. The molecular formula is C16H20N4O2. The van der Waals surface area contributed by atoms with Gasteiger partial charge in [0.1, 0.15) is 5.82 Å². The zero-order chi connectivity index (χ0) is 15.5. The van der Waals surface area contributed by atoms with Gasteiger partial charge in [0.15, 0.2) is 0 Å². The summed E-state index contributed by atoms with van der Waals surface area (Å²) in [5, 5.41) is 13.4. The van der Waals surface area contributed by atoms with Crippen LogP contribution in [-0.2, 0) is 11.2 Å². The Labute approximate surface area is 129 Å². The van der Waals surface area contributed by atoms with Gasteiger partial charge in [-0.25, -0.2) is 4.98 Å². The highest BCUT2D eigenvalue weighted by atomic mass is 16.3. The quantitative estimate of drug-likeness (QED) is 0.883. The second-order valence-electron chi connectivity index (χ2n) is 5.73. The topological polar surface area (TPSA) is 80.0 Å². The van der Waals surface area contributed by atoms with Gasteiger partial charge in [0.05, 0.1) is 24.6 Å². The number of aryl methyl sites for hydroxylation is 1. The van der Waals surface area contributed by atoms with E-state index in [-0.39, 0.29) is 24.4 Å². The minimum atomic E-state index is -0.592. The zero-order valence-electron chi connectivity index (χ0n) is 12.5. The number of aliphatic hydroxyl groups excluding tert-OH is 1. The molecule has 0 aromatic carbocycles. The minimum Gasteiger partial charge on any atom is -0.389 e. The van der Waals surface area contributed by atoms with Crippen LogP contribution in [0.25, 0.3) is 0 Å². The highest BCUT2D eigenvalue weighted by Gasteiger charge is 2.37. The van der Waals surface area contributed by atoms with Crippen LogP contribution in [0.3, 0.4) is 0 Å². The summed E-state index contributed by atoms with van der Waals surface area (Å²) in [4.78, 5) is 20.3. The van der Waals surface area contributed by atoms with Crippen LogP contribution in [0.1, 0.15) is 30.3 Å². The third-order valence-corrected chi connectivity index (χ3v) is 4.23. The lowest BCUT2D eigenvalue weighted by atomic mass is 10.1. The molecular weight excluding hydrogens is 280 g/mol. The molecule has 2 heterocycles. The number of hydrogen-bond donors (Lipinski definition) is 2. The van der Waals surface area contributed by atoms with Crippen molar-refractivity contribution in [1.82, 2.24) is 19.9 Å². The third kappa shape index (κ3) is 3.01. The molecule has 6 nitrogen and oxygen atoms in total. The van der Waals surface area contributed by atoms with Gasteiger partial charge in [0.2, 0.25) is 5.91 Å². The fourth-order valence-corrected chi connectivity index (χ4v) is 3.11. The van der Waals surface area contributed by atoms with E-state index in [0.717, 1.165) is 24.2 Å². The van der Waals surface area contributed by atoms with Crippen LogP contribution in [-0.4, -0.2) is 37.7 Å². The first-order chi connectivity index (χ1) is 10.6. The molecule has 2 N–H and O–H groups in total. The van der Waals surface area contributed by atoms with Crippen molar-refractivity contribution < 1.29 is 9.90 Å². The summed E-state index contributed by atoms with van der Waals surface area (Å²) in [6.45, 7) is 1.92. The van der Waals surface area contributed by atoms with E-state index in [1.54, 1.807) is 18.6 Å². The molecule has 0 unspecified atom stereocenters. The van der Waals surface area contributed by atoms with Crippen LogP contribution in [0.4, 0.5) is 0 Å². The third-order valence-electron chi connectivity index (χ3n) is 4.23. The molecule has 3 atom stereocenters. The number of hydrogen-bond acceptors (Lipinski definition) is 4. The van der Waals surface area contributed by atoms with Gasteiger partial charge in [-0.15, -0.1) is 0 Å². The van der Waals surface area contributed by atoms with Crippen molar-refractivity contribution in [3.05, 3.63) is 48.3 Å². The second-order valence-corrected chi connectivity index (χ2v) is 5.73. The number of amides is 1. The Kier molecular flexibility index (Phi) is 4.20. The summed E-state index contributed by atoms with van der Waals surface area (Å²) in [6.07, 6.45) is 8.26. The van der Waals surface area contributed by atoms with Crippen LogP contribution in [0.15, 0.2) is 36.9 Å². The summed E-state index contributed by atoms with van der Waals surface area (Å²) in [5.41, 5.74) is 0.870. The average Bonchev–Trinajstić information content (AvgIpc) is 3.07. The fraction of sp³-hybridized carbons (Fsp3) is 0.438. The summed E-state index contributed by atoms with van der Waals surface area (Å²) in [6, 6.07) is 3.45. The van der Waals surface area contributed by atoms with Gasteiger partial charge in [-0.05, 0) is 31.4 Å². The molecule has 2 aromatic heterocycles. The predicted octanol–water partition coefficient (Wildman–Crippen LogP) is 1.01. The predicted molar refractivity (Wildman–Crippen MR) is 81.1 cm³/mol. The van der Waals surface area contributed by atoms with Crippen molar-refractivity contribution >= 4 is 5.91 Å². The molecule has 2 aromatic rings. The van der Waals surface area contributed by atoms with Crippen molar-refractivity contribution in [2.24, 2.45) is 0 Å². The lowest BCUT2D eigenvalue weighted by Gasteiger charge is -2.22. The Balaban J connectivity index is 1.60. The number of nitrogens with zero attached hydrogens (tertiary/aromatic N) is 3. The van der Waals surface area contributed by atoms with E-state index in [2.05, 4.69) is 15.3 Å². The zero-order valence-corrected chi connectivity index (χ0v) is 12.5. The molecule has 0 spiro atoms. The molecule has 1 amide bonds. The Morgan fingerprint density at radius 1 is 1.45 bits per heavy atom. The number of carbonyl (C=O) groups is 1. The molecule has 1 aliphatic carbocycles. The summed E-state index contributed by atoms with van der Waals surface area (Å²) >= 11 is 0. The number of carbonyl (C=O) groups excluding carboxylic acids is 1. The second kappa shape index (κ2) is 6.27. The maximum Gasteiger partial charge on any atom is 0.224 e. The van der Waals surface area contributed by atoms with Crippen LogP contribution in [0, 0.1) is 6.92 Å². The normalized spacial score (nSPS) is 24.4. The Morgan fingerprint density at radius 3 is 3.00 bits per heavy atom. The van der Waals surface area contributed by atoms with Crippen molar-refractivity contribution in [1.29, 1.82) is 0 Å². The highest BCUT2D eigenvalue weighted by Crippen LogP contribution is 2.31. The number of pyridine rings is 1. The van der Waals surface area contributed by atoms with Crippen LogP contribution < -0.4 is 5.32 Å². The van der Waals surface area contributed by atoms with Crippen LogP contribution in [0.2, 0.25) is 0 Å². The van der Waals surface area contributed by atoms with Gasteiger partial charge in [-0.1, -0.05) is 6.07 Å². The Morgan fingerprint density at radius 2 is 2.32 bits per heavy atom. The Hall–Kier alpha value is -2.21. The largest absolute Gasteiger partial charge is 0.389 e. The maximum absolute atomic E-state index is 12.1. The van der Waals surface area contributed by atoms with Gasteiger partial charge in [-0.2, -0.15) is 0 Å². The minimum absolute atomic E-state index is 0.0220. The number of aliphatic hydroxyl groups is 1. The summed E-state index contributed by atoms with van der Waals surface area (Å²) in [5.74, 6) is 0.798. The summed E-state index contributed by atoms with van der Waals surface area (Å²) in [7, 11) is 0. The van der Waals surface area contributed by atoms with E-state index < -0.39 is 6.10 Å². The first-order valence-electron chi connectivity index (χ1n) is 7.51. The SMILES string of the molecule is Cc1nccn1[C@@H]1CC[C@@H](NC(=O)Cc2cccnc2)[C@H]1O. The van der Waals surface area contributed by atoms with Gasteiger partial charge in [0, 0.05) is 24.8 Å². The smallest absolute Gasteiger partial charge is 0.224 e. The molecule has 0 bridgehead atoms. The number of rotatable bonds is 4. The van der Waals surface area contributed by atoms with Crippen molar-refractivity contribution in [3.63, 3.8) is 0 Å². The van der Waals surface area contributed by atoms with Gasteiger partial charge >= 0.3 is 0 Å². The van der Waals surface area contributed by atoms with Crippen LogP contribution in [0.5, 0.6) is 0 Å². The standard InChI is InChI=1S/C16H20N4O2/c1-11-18-7-8-20(11)14-5-4-13(16(14)22)19-15(21)9-12-3-2-6-17-10-12/h2-3,6-8,10,13-14,16,22H,4-5,9H2,1H3,(H,19,21)/t13-,14-,16-/m1/s1.